The monoisotopic (exact) mass is 421 g/mol. The van der Waals surface area contributed by atoms with Crippen molar-refractivity contribution in [1.82, 2.24) is 15.0 Å². The van der Waals surface area contributed by atoms with Crippen molar-refractivity contribution in [2.75, 3.05) is 19.8 Å². The Balaban J connectivity index is 1.42. The Bertz CT molecular complexity index is 1020. The number of carbonyl (C=O) groups is 1. The maximum absolute atomic E-state index is 12.6. The highest BCUT2D eigenvalue weighted by Gasteiger charge is 2.34. The van der Waals surface area contributed by atoms with Gasteiger partial charge in [0.2, 0.25) is 17.6 Å². The molecule has 3 aromatic rings. The molecule has 2 heterocycles. The summed E-state index contributed by atoms with van der Waals surface area (Å²) >= 11 is 0. The number of rotatable bonds is 9. The molecule has 0 spiro atoms. The third kappa shape index (κ3) is 4.87. The molecule has 1 amide bonds. The molecule has 7 nitrogen and oxygen atoms in total. The molecule has 0 saturated carbocycles. The zero-order valence-corrected chi connectivity index (χ0v) is 17.9. The smallest absolute Gasteiger partial charge is 0.232 e. The SMILES string of the molecule is CCCOc1ccc(-c2noc(C3CC(=O)N(Cc4ccccc4OCC)C3)n2)cc1. The van der Waals surface area contributed by atoms with Gasteiger partial charge in [-0.15, -0.1) is 0 Å². The Hall–Kier alpha value is -3.35. The average molecular weight is 421 g/mol. The van der Waals surface area contributed by atoms with Crippen LogP contribution in [0.2, 0.25) is 0 Å². The number of hydrogen-bond acceptors (Lipinski definition) is 6. The summed E-state index contributed by atoms with van der Waals surface area (Å²) in [6.45, 7) is 6.35. The molecule has 1 aliphatic heterocycles. The van der Waals surface area contributed by atoms with Gasteiger partial charge >= 0.3 is 0 Å². The fourth-order valence-electron chi connectivity index (χ4n) is 3.67. The summed E-state index contributed by atoms with van der Waals surface area (Å²) in [6, 6.07) is 15.4. The largest absolute Gasteiger partial charge is 0.494 e. The molecule has 1 fully saturated rings. The van der Waals surface area contributed by atoms with E-state index in [9.17, 15) is 4.79 Å². The van der Waals surface area contributed by atoms with Crippen molar-refractivity contribution in [3.8, 4) is 22.9 Å². The number of aromatic nitrogens is 2. The number of benzene rings is 2. The number of ether oxygens (including phenoxy) is 2. The molecule has 1 aromatic heterocycles. The van der Waals surface area contributed by atoms with Crippen LogP contribution in [0, 0.1) is 0 Å². The van der Waals surface area contributed by atoms with Gasteiger partial charge in [0.1, 0.15) is 11.5 Å². The van der Waals surface area contributed by atoms with E-state index < -0.39 is 0 Å². The van der Waals surface area contributed by atoms with Crippen molar-refractivity contribution in [2.24, 2.45) is 0 Å². The normalized spacial score (nSPS) is 16.0. The van der Waals surface area contributed by atoms with E-state index in [-0.39, 0.29) is 11.8 Å². The third-order valence-corrected chi connectivity index (χ3v) is 5.22. The topological polar surface area (TPSA) is 77.7 Å². The molecular formula is C24H27N3O4. The molecule has 0 N–H and O–H groups in total. The molecule has 0 aliphatic carbocycles. The van der Waals surface area contributed by atoms with Gasteiger partial charge in [0.05, 0.1) is 19.1 Å². The van der Waals surface area contributed by atoms with Crippen LogP contribution in [0.3, 0.4) is 0 Å². The van der Waals surface area contributed by atoms with E-state index in [1.165, 1.54) is 0 Å². The third-order valence-electron chi connectivity index (χ3n) is 5.22. The van der Waals surface area contributed by atoms with Crippen LogP contribution >= 0.6 is 0 Å². The van der Waals surface area contributed by atoms with Gasteiger partial charge in [-0.05, 0) is 43.7 Å². The number of likely N-dealkylation sites (tertiary alicyclic amines) is 1. The van der Waals surface area contributed by atoms with Crippen LogP contribution in [-0.2, 0) is 11.3 Å². The summed E-state index contributed by atoms with van der Waals surface area (Å²) in [5.74, 6) is 2.61. The van der Waals surface area contributed by atoms with Gasteiger partial charge in [0, 0.05) is 30.6 Å². The maximum Gasteiger partial charge on any atom is 0.232 e. The average Bonchev–Trinajstić information content (AvgIpc) is 3.41. The first-order valence-electron chi connectivity index (χ1n) is 10.7. The number of carbonyl (C=O) groups excluding carboxylic acids is 1. The quantitative estimate of drug-likeness (QED) is 0.508. The minimum absolute atomic E-state index is 0.0773. The Morgan fingerprint density at radius 3 is 2.68 bits per heavy atom. The molecule has 7 heteroatoms. The van der Waals surface area contributed by atoms with E-state index in [2.05, 4.69) is 17.1 Å². The van der Waals surface area contributed by atoms with Gasteiger partial charge in [-0.1, -0.05) is 30.3 Å². The lowest BCUT2D eigenvalue weighted by atomic mass is 10.1. The fraction of sp³-hybridized carbons (Fsp3) is 0.375. The molecule has 1 aliphatic rings. The first-order valence-corrected chi connectivity index (χ1v) is 10.7. The van der Waals surface area contributed by atoms with E-state index in [0.29, 0.717) is 44.4 Å². The number of amides is 1. The summed E-state index contributed by atoms with van der Waals surface area (Å²) in [7, 11) is 0. The zero-order valence-electron chi connectivity index (χ0n) is 17.9. The Labute approximate surface area is 182 Å². The van der Waals surface area contributed by atoms with Crippen LogP contribution in [0.4, 0.5) is 0 Å². The molecule has 162 valence electrons. The number of hydrogen-bond donors (Lipinski definition) is 0. The molecule has 2 aromatic carbocycles. The lowest BCUT2D eigenvalue weighted by molar-refractivity contribution is -0.128. The van der Waals surface area contributed by atoms with Crippen molar-refractivity contribution in [1.29, 1.82) is 0 Å². The second-order valence-electron chi connectivity index (χ2n) is 7.55. The molecule has 1 atom stereocenters. The highest BCUT2D eigenvalue weighted by atomic mass is 16.5. The molecule has 31 heavy (non-hydrogen) atoms. The first kappa shape index (κ1) is 20.9. The van der Waals surface area contributed by atoms with Crippen LogP contribution in [0.25, 0.3) is 11.4 Å². The van der Waals surface area contributed by atoms with E-state index in [1.54, 1.807) is 0 Å². The summed E-state index contributed by atoms with van der Waals surface area (Å²) in [5.41, 5.74) is 1.85. The van der Waals surface area contributed by atoms with Gasteiger partial charge < -0.3 is 18.9 Å². The fourth-order valence-corrected chi connectivity index (χ4v) is 3.67. The van der Waals surface area contributed by atoms with Crippen molar-refractivity contribution in [3.05, 3.63) is 60.0 Å². The second-order valence-corrected chi connectivity index (χ2v) is 7.55. The van der Waals surface area contributed by atoms with Gasteiger partial charge in [0.25, 0.3) is 0 Å². The van der Waals surface area contributed by atoms with Crippen LogP contribution < -0.4 is 9.47 Å². The molecule has 1 unspecified atom stereocenters. The van der Waals surface area contributed by atoms with Crippen LogP contribution in [0.1, 0.15) is 44.1 Å². The second kappa shape index (κ2) is 9.64. The molecule has 1 saturated heterocycles. The van der Waals surface area contributed by atoms with Gasteiger partial charge in [-0.2, -0.15) is 4.98 Å². The van der Waals surface area contributed by atoms with E-state index in [4.69, 9.17) is 14.0 Å². The standard InChI is InChI=1S/C24H27N3O4/c1-3-13-30-20-11-9-17(10-12-20)23-25-24(31-26-23)19-14-22(28)27(16-19)15-18-7-5-6-8-21(18)29-4-2/h5-12,19H,3-4,13-16H2,1-2H3. The Kier molecular flexibility index (Phi) is 6.50. The van der Waals surface area contributed by atoms with E-state index in [1.807, 2.05) is 60.4 Å². The minimum Gasteiger partial charge on any atom is -0.494 e. The van der Waals surface area contributed by atoms with Gasteiger partial charge in [0.15, 0.2) is 0 Å². The Morgan fingerprint density at radius 2 is 1.90 bits per heavy atom. The van der Waals surface area contributed by atoms with Gasteiger partial charge in [-0.25, -0.2) is 0 Å². The summed E-state index contributed by atoms with van der Waals surface area (Å²) < 4.78 is 16.8. The van der Waals surface area contributed by atoms with Gasteiger partial charge in [-0.3, -0.25) is 4.79 Å². The van der Waals surface area contributed by atoms with Crippen molar-refractivity contribution in [3.63, 3.8) is 0 Å². The highest BCUT2D eigenvalue weighted by Crippen LogP contribution is 2.31. The number of para-hydroxylation sites is 1. The lowest BCUT2D eigenvalue weighted by Gasteiger charge is -2.18. The summed E-state index contributed by atoms with van der Waals surface area (Å²) in [6.07, 6.45) is 1.33. The maximum atomic E-state index is 12.6. The summed E-state index contributed by atoms with van der Waals surface area (Å²) in [5, 5.41) is 4.12. The van der Waals surface area contributed by atoms with E-state index >= 15 is 0 Å². The van der Waals surface area contributed by atoms with Crippen LogP contribution in [0.15, 0.2) is 53.1 Å². The molecule has 0 bridgehead atoms. The predicted octanol–water partition coefficient (Wildman–Crippen LogP) is 4.44. The zero-order chi connectivity index (χ0) is 21.6. The first-order chi connectivity index (χ1) is 15.2. The summed E-state index contributed by atoms with van der Waals surface area (Å²) in [4.78, 5) is 19.0. The van der Waals surface area contributed by atoms with Crippen LogP contribution in [-0.4, -0.2) is 40.7 Å². The lowest BCUT2D eigenvalue weighted by Crippen LogP contribution is -2.24. The van der Waals surface area contributed by atoms with Crippen molar-refractivity contribution < 1.29 is 18.8 Å². The highest BCUT2D eigenvalue weighted by molar-refractivity contribution is 5.79. The van der Waals surface area contributed by atoms with Crippen molar-refractivity contribution in [2.45, 2.75) is 39.2 Å². The molecular weight excluding hydrogens is 394 g/mol. The molecule has 0 radical (unpaired) electrons. The number of nitrogens with zero attached hydrogens (tertiary/aromatic N) is 3. The van der Waals surface area contributed by atoms with Crippen molar-refractivity contribution >= 4 is 5.91 Å². The van der Waals surface area contributed by atoms with Crippen LogP contribution in [0.5, 0.6) is 11.5 Å². The minimum atomic E-state index is -0.111. The molecule has 4 rings (SSSR count). The Morgan fingerprint density at radius 1 is 1.10 bits per heavy atom. The van der Waals surface area contributed by atoms with E-state index in [0.717, 1.165) is 29.0 Å². The predicted molar refractivity (Wildman–Crippen MR) is 116 cm³/mol.